The predicted octanol–water partition coefficient (Wildman–Crippen LogP) is 3.37. The molecule has 2 rings (SSSR count). The van der Waals surface area contributed by atoms with Crippen molar-refractivity contribution in [1.82, 2.24) is 0 Å². The van der Waals surface area contributed by atoms with Crippen molar-refractivity contribution >= 4 is 5.78 Å². The summed E-state index contributed by atoms with van der Waals surface area (Å²) in [6, 6.07) is 10.0. The molecule has 3 nitrogen and oxygen atoms in total. The summed E-state index contributed by atoms with van der Waals surface area (Å²) < 4.78 is 36.4. The summed E-state index contributed by atoms with van der Waals surface area (Å²) in [5, 5.41) is 0. The Morgan fingerprint density at radius 1 is 1.10 bits per heavy atom. The first kappa shape index (κ1) is 15.1. The standard InChI is InChI=1S/C16H14F2O3/c1-20-13-5-2-11(3-6-13)9-21-10-16(19)14-7-4-12(17)8-15(14)18/h2-8H,9-10H2,1H3. The Hall–Kier alpha value is -2.27. The molecule has 0 saturated heterocycles. The van der Waals surface area contributed by atoms with Crippen LogP contribution in [0.3, 0.4) is 0 Å². The van der Waals surface area contributed by atoms with Gasteiger partial charge < -0.3 is 9.47 Å². The van der Waals surface area contributed by atoms with Crippen molar-refractivity contribution in [2.24, 2.45) is 0 Å². The second kappa shape index (κ2) is 6.95. The van der Waals surface area contributed by atoms with Gasteiger partial charge in [-0.3, -0.25) is 4.79 Å². The van der Waals surface area contributed by atoms with Crippen LogP contribution in [0.4, 0.5) is 8.78 Å². The third kappa shape index (κ3) is 4.10. The van der Waals surface area contributed by atoms with Gasteiger partial charge in [0.1, 0.15) is 24.0 Å². The van der Waals surface area contributed by atoms with Gasteiger partial charge in [-0.15, -0.1) is 0 Å². The molecule has 0 aliphatic carbocycles. The zero-order valence-electron chi connectivity index (χ0n) is 11.4. The highest BCUT2D eigenvalue weighted by Crippen LogP contribution is 2.13. The Morgan fingerprint density at radius 2 is 1.81 bits per heavy atom. The molecular weight excluding hydrogens is 278 g/mol. The summed E-state index contributed by atoms with van der Waals surface area (Å²) in [6.45, 7) is -0.0485. The maximum atomic E-state index is 13.4. The lowest BCUT2D eigenvalue weighted by atomic mass is 10.1. The number of carbonyl (C=O) groups excluding carboxylic acids is 1. The van der Waals surface area contributed by atoms with E-state index in [2.05, 4.69) is 0 Å². The van der Waals surface area contributed by atoms with Gasteiger partial charge in [0.2, 0.25) is 0 Å². The molecule has 0 heterocycles. The van der Waals surface area contributed by atoms with Gasteiger partial charge in [-0.05, 0) is 29.8 Å². The van der Waals surface area contributed by atoms with Crippen LogP contribution in [0.1, 0.15) is 15.9 Å². The van der Waals surface area contributed by atoms with Crippen molar-refractivity contribution in [3.05, 3.63) is 65.2 Å². The van der Waals surface area contributed by atoms with E-state index in [1.807, 2.05) is 12.1 Å². The first-order valence-electron chi connectivity index (χ1n) is 6.29. The lowest BCUT2D eigenvalue weighted by Crippen LogP contribution is -2.11. The number of hydrogen-bond donors (Lipinski definition) is 0. The molecule has 21 heavy (non-hydrogen) atoms. The molecule has 0 N–H and O–H groups in total. The van der Waals surface area contributed by atoms with E-state index < -0.39 is 17.4 Å². The molecule has 2 aromatic rings. The molecule has 0 radical (unpaired) electrons. The monoisotopic (exact) mass is 292 g/mol. The molecule has 0 spiro atoms. The number of ether oxygens (including phenoxy) is 2. The molecule has 0 aliphatic heterocycles. The van der Waals surface area contributed by atoms with Crippen LogP contribution in [0.15, 0.2) is 42.5 Å². The first-order valence-corrected chi connectivity index (χ1v) is 6.29. The van der Waals surface area contributed by atoms with E-state index in [1.165, 1.54) is 0 Å². The fourth-order valence-electron chi connectivity index (χ4n) is 1.78. The number of rotatable bonds is 6. The van der Waals surface area contributed by atoms with Gasteiger partial charge in [-0.1, -0.05) is 12.1 Å². The summed E-state index contributed by atoms with van der Waals surface area (Å²) in [4.78, 5) is 11.8. The van der Waals surface area contributed by atoms with Gasteiger partial charge in [0.15, 0.2) is 5.78 Å². The van der Waals surface area contributed by atoms with Crippen molar-refractivity contribution in [2.45, 2.75) is 6.61 Å². The zero-order valence-corrected chi connectivity index (χ0v) is 11.4. The van der Waals surface area contributed by atoms with E-state index in [1.54, 1.807) is 19.2 Å². The van der Waals surface area contributed by atoms with Crippen molar-refractivity contribution in [1.29, 1.82) is 0 Å². The Morgan fingerprint density at radius 3 is 2.43 bits per heavy atom. The van der Waals surface area contributed by atoms with E-state index in [0.717, 1.165) is 23.4 Å². The lowest BCUT2D eigenvalue weighted by Gasteiger charge is -2.06. The first-order chi connectivity index (χ1) is 10.1. The van der Waals surface area contributed by atoms with Crippen LogP contribution >= 0.6 is 0 Å². The molecule has 0 aliphatic rings. The number of hydrogen-bond acceptors (Lipinski definition) is 3. The lowest BCUT2D eigenvalue weighted by molar-refractivity contribution is 0.0722. The van der Waals surface area contributed by atoms with E-state index in [0.29, 0.717) is 6.07 Å². The van der Waals surface area contributed by atoms with Gasteiger partial charge in [0.25, 0.3) is 0 Å². The third-order valence-corrected chi connectivity index (χ3v) is 2.89. The van der Waals surface area contributed by atoms with Crippen LogP contribution in [0.25, 0.3) is 0 Å². The highest BCUT2D eigenvalue weighted by atomic mass is 19.1. The minimum atomic E-state index is -0.881. The number of halogens is 2. The van der Waals surface area contributed by atoms with Crippen LogP contribution in [-0.4, -0.2) is 19.5 Å². The number of Topliss-reactive ketones (excluding diaryl/α,β-unsaturated/α-hetero) is 1. The van der Waals surface area contributed by atoms with Crippen LogP contribution in [0.2, 0.25) is 0 Å². The summed E-state index contributed by atoms with van der Waals surface area (Å²) in [7, 11) is 1.57. The van der Waals surface area contributed by atoms with Crippen molar-refractivity contribution in [3.8, 4) is 5.75 Å². The summed E-state index contributed by atoms with van der Waals surface area (Å²) in [5.74, 6) is -1.40. The summed E-state index contributed by atoms with van der Waals surface area (Å²) in [5.41, 5.74) is 0.689. The Labute approximate surface area is 121 Å². The molecule has 0 unspecified atom stereocenters. The van der Waals surface area contributed by atoms with Crippen molar-refractivity contribution < 1.29 is 23.0 Å². The van der Waals surface area contributed by atoms with E-state index in [-0.39, 0.29) is 18.8 Å². The third-order valence-electron chi connectivity index (χ3n) is 2.89. The number of ketones is 1. The molecule has 110 valence electrons. The second-order valence-electron chi connectivity index (χ2n) is 4.39. The smallest absolute Gasteiger partial charge is 0.191 e. The summed E-state index contributed by atoms with van der Waals surface area (Å²) >= 11 is 0. The quantitative estimate of drug-likeness (QED) is 0.766. The van der Waals surface area contributed by atoms with Gasteiger partial charge in [0.05, 0.1) is 19.3 Å². The maximum absolute atomic E-state index is 13.4. The zero-order chi connectivity index (χ0) is 15.2. The van der Waals surface area contributed by atoms with Gasteiger partial charge in [-0.25, -0.2) is 8.78 Å². The molecule has 0 fully saturated rings. The Bertz CT molecular complexity index is 624. The normalized spacial score (nSPS) is 10.4. The predicted molar refractivity (Wildman–Crippen MR) is 73.3 cm³/mol. The van der Waals surface area contributed by atoms with E-state index in [9.17, 15) is 13.6 Å². The van der Waals surface area contributed by atoms with Crippen LogP contribution < -0.4 is 4.74 Å². The Balaban J connectivity index is 1.88. The molecule has 0 bridgehead atoms. The number of benzene rings is 2. The molecule has 0 saturated carbocycles. The SMILES string of the molecule is COc1ccc(COCC(=O)c2ccc(F)cc2F)cc1. The average Bonchev–Trinajstić information content (AvgIpc) is 2.47. The van der Waals surface area contributed by atoms with Crippen molar-refractivity contribution in [3.63, 3.8) is 0 Å². The highest BCUT2D eigenvalue weighted by Gasteiger charge is 2.12. The maximum Gasteiger partial charge on any atom is 0.191 e. The van der Waals surface area contributed by atoms with Crippen LogP contribution in [0.5, 0.6) is 5.75 Å². The molecule has 5 heteroatoms. The average molecular weight is 292 g/mol. The molecule has 2 aromatic carbocycles. The number of methoxy groups -OCH3 is 1. The fraction of sp³-hybridized carbons (Fsp3) is 0.188. The highest BCUT2D eigenvalue weighted by molar-refractivity contribution is 5.97. The fourth-order valence-corrected chi connectivity index (χ4v) is 1.78. The van der Waals surface area contributed by atoms with Crippen LogP contribution in [-0.2, 0) is 11.3 Å². The van der Waals surface area contributed by atoms with E-state index in [4.69, 9.17) is 9.47 Å². The molecule has 0 aromatic heterocycles. The second-order valence-corrected chi connectivity index (χ2v) is 4.39. The molecule has 0 amide bonds. The minimum absolute atomic E-state index is 0.175. The summed E-state index contributed by atoms with van der Waals surface area (Å²) in [6.07, 6.45) is 0. The largest absolute Gasteiger partial charge is 0.497 e. The topological polar surface area (TPSA) is 35.5 Å². The Kier molecular flexibility index (Phi) is 5.00. The number of carbonyl (C=O) groups is 1. The van der Waals surface area contributed by atoms with Crippen LogP contribution in [0, 0.1) is 11.6 Å². The van der Waals surface area contributed by atoms with Gasteiger partial charge in [-0.2, -0.15) is 0 Å². The van der Waals surface area contributed by atoms with Gasteiger partial charge >= 0.3 is 0 Å². The van der Waals surface area contributed by atoms with Gasteiger partial charge in [0, 0.05) is 6.07 Å². The molecular formula is C16H14F2O3. The minimum Gasteiger partial charge on any atom is -0.497 e. The molecule has 0 atom stereocenters. The van der Waals surface area contributed by atoms with Crippen molar-refractivity contribution in [2.75, 3.05) is 13.7 Å². The van der Waals surface area contributed by atoms with E-state index >= 15 is 0 Å².